The quantitative estimate of drug-likeness (QED) is 0.496. The number of rotatable bonds is 6. The van der Waals surface area contributed by atoms with E-state index in [1.165, 1.54) is 26.0 Å². The van der Waals surface area contributed by atoms with Crippen LogP contribution in [0.15, 0.2) is 18.2 Å². The summed E-state index contributed by atoms with van der Waals surface area (Å²) in [5.74, 6) is 1.53. The summed E-state index contributed by atoms with van der Waals surface area (Å²) in [6.07, 6.45) is 4.61. The second-order valence-electron chi connectivity index (χ2n) is 5.24. The highest BCUT2D eigenvalue weighted by atomic mass is 32.1. The fourth-order valence-corrected chi connectivity index (χ4v) is 3.02. The van der Waals surface area contributed by atoms with Crippen LogP contribution in [0.1, 0.15) is 25.7 Å². The van der Waals surface area contributed by atoms with Gasteiger partial charge in [0.25, 0.3) is 0 Å². The number of methoxy groups -OCH3 is 1. The zero-order valence-corrected chi connectivity index (χ0v) is 12.4. The Morgan fingerprint density at radius 3 is 2.65 bits per heavy atom. The molecule has 20 heavy (non-hydrogen) atoms. The first-order chi connectivity index (χ1) is 9.60. The minimum atomic E-state index is -0.463. The molecule has 0 bridgehead atoms. The van der Waals surface area contributed by atoms with Crippen LogP contribution in [0, 0.1) is 15.5 Å². The topological polar surface area (TPSA) is 61.6 Å². The normalized spacial score (nSPS) is 16.9. The van der Waals surface area contributed by atoms with Crippen LogP contribution in [0.3, 0.4) is 0 Å². The van der Waals surface area contributed by atoms with E-state index in [0.29, 0.717) is 12.4 Å². The largest absolute Gasteiger partial charge is 0.493 e. The first-order valence-electron chi connectivity index (χ1n) is 6.66. The van der Waals surface area contributed by atoms with Crippen LogP contribution in [-0.4, -0.2) is 24.4 Å². The summed E-state index contributed by atoms with van der Waals surface area (Å²) in [7, 11) is 1.41. The third-order valence-electron chi connectivity index (χ3n) is 3.89. The van der Waals surface area contributed by atoms with Crippen molar-refractivity contribution in [3.8, 4) is 11.5 Å². The van der Waals surface area contributed by atoms with Crippen molar-refractivity contribution >= 4 is 18.3 Å². The van der Waals surface area contributed by atoms with Gasteiger partial charge in [0.15, 0.2) is 5.75 Å². The first-order valence-corrected chi connectivity index (χ1v) is 7.29. The summed E-state index contributed by atoms with van der Waals surface area (Å²) in [4.78, 5) is 10.5. The Morgan fingerprint density at radius 1 is 1.40 bits per heavy atom. The lowest BCUT2D eigenvalue weighted by molar-refractivity contribution is -0.385. The van der Waals surface area contributed by atoms with Gasteiger partial charge in [0.1, 0.15) is 5.75 Å². The molecule has 1 fully saturated rings. The SMILES string of the molecule is COc1ccc(OCC2(CS)CCCC2)cc1[N+](=O)[O-]. The molecule has 0 N–H and O–H groups in total. The number of hydrogen-bond acceptors (Lipinski definition) is 5. The highest BCUT2D eigenvalue weighted by molar-refractivity contribution is 7.80. The summed E-state index contributed by atoms with van der Waals surface area (Å²) >= 11 is 4.42. The van der Waals surface area contributed by atoms with Crippen LogP contribution in [0.4, 0.5) is 5.69 Å². The number of thiol groups is 1. The van der Waals surface area contributed by atoms with Crippen molar-refractivity contribution in [3.63, 3.8) is 0 Å². The number of benzene rings is 1. The van der Waals surface area contributed by atoms with Crippen molar-refractivity contribution in [1.29, 1.82) is 0 Å². The lowest BCUT2D eigenvalue weighted by atomic mass is 9.90. The third kappa shape index (κ3) is 3.17. The van der Waals surface area contributed by atoms with Crippen molar-refractivity contribution in [2.24, 2.45) is 5.41 Å². The highest BCUT2D eigenvalue weighted by Crippen LogP contribution is 2.40. The van der Waals surface area contributed by atoms with E-state index in [2.05, 4.69) is 12.6 Å². The molecule has 1 aliphatic carbocycles. The summed E-state index contributed by atoms with van der Waals surface area (Å²) in [6, 6.07) is 4.68. The summed E-state index contributed by atoms with van der Waals surface area (Å²) < 4.78 is 10.7. The second-order valence-corrected chi connectivity index (χ2v) is 5.56. The Balaban J connectivity index is 2.10. The van der Waals surface area contributed by atoms with Crippen LogP contribution >= 0.6 is 12.6 Å². The smallest absolute Gasteiger partial charge is 0.314 e. The predicted octanol–water partition coefficient (Wildman–Crippen LogP) is 3.47. The fourth-order valence-electron chi connectivity index (χ4n) is 2.61. The van der Waals surface area contributed by atoms with Gasteiger partial charge in [-0.15, -0.1) is 0 Å². The van der Waals surface area contributed by atoms with E-state index in [1.807, 2.05) is 0 Å². The predicted molar refractivity (Wildman–Crippen MR) is 79.9 cm³/mol. The maximum atomic E-state index is 11.0. The minimum Gasteiger partial charge on any atom is -0.493 e. The van der Waals surface area contributed by atoms with Gasteiger partial charge in [0.05, 0.1) is 24.7 Å². The Hall–Kier alpha value is -1.43. The van der Waals surface area contributed by atoms with Crippen LogP contribution in [0.2, 0.25) is 0 Å². The zero-order valence-electron chi connectivity index (χ0n) is 11.5. The monoisotopic (exact) mass is 297 g/mol. The molecule has 1 aromatic rings. The Bertz CT molecular complexity index is 486. The van der Waals surface area contributed by atoms with Crippen LogP contribution in [0.5, 0.6) is 11.5 Å². The summed E-state index contributed by atoms with van der Waals surface area (Å²) in [5.41, 5.74) is 0.0361. The Kier molecular flexibility index (Phi) is 4.75. The van der Waals surface area contributed by atoms with E-state index in [1.54, 1.807) is 12.1 Å². The molecule has 110 valence electrons. The molecule has 2 rings (SSSR count). The molecule has 1 aliphatic rings. The van der Waals surface area contributed by atoms with Crippen molar-refractivity contribution in [2.75, 3.05) is 19.5 Å². The van der Waals surface area contributed by atoms with Gasteiger partial charge in [-0.2, -0.15) is 12.6 Å². The lowest BCUT2D eigenvalue weighted by Gasteiger charge is -2.26. The van der Waals surface area contributed by atoms with E-state index in [9.17, 15) is 10.1 Å². The Morgan fingerprint density at radius 2 is 2.10 bits per heavy atom. The first kappa shape index (κ1) is 15.0. The van der Waals surface area contributed by atoms with Gasteiger partial charge in [-0.3, -0.25) is 10.1 Å². The molecule has 6 heteroatoms. The molecule has 0 spiro atoms. The molecular weight excluding hydrogens is 278 g/mol. The number of nitro groups is 1. The van der Waals surface area contributed by atoms with Crippen molar-refractivity contribution in [2.45, 2.75) is 25.7 Å². The van der Waals surface area contributed by atoms with E-state index >= 15 is 0 Å². The average molecular weight is 297 g/mol. The van der Waals surface area contributed by atoms with Crippen molar-refractivity contribution in [3.05, 3.63) is 28.3 Å². The maximum absolute atomic E-state index is 11.0. The number of hydrogen-bond donors (Lipinski definition) is 1. The molecular formula is C14H19NO4S. The summed E-state index contributed by atoms with van der Waals surface area (Å²) in [5, 5.41) is 11.0. The molecule has 0 saturated heterocycles. The highest BCUT2D eigenvalue weighted by Gasteiger charge is 2.33. The number of ether oxygens (including phenoxy) is 2. The van der Waals surface area contributed by atoms with Crippen LogP contribution in [0.25, 0.3) is 0 Å². The molecule has 0 unspecified atom stereocenters. The average Bonchev–Trinajstić information content (AvgIpc) is 2.94. The van der Waals surface area contributed by atoms with Gasteiger partial charge < -0.3 is 9.47 Å². The van der Waals surface area contributed by atoms with Crippen LogP contribution < -0.4 is 9.47 Å². The molecule has 1 saturated carbocycles. The van der Waals surface area contributed by atoms with Crippen molar-refractivity contribution in [1.82, 2.24) is 0 Å². The van der Waals surface area contributed by atoms with E-state index in [4.69, 9.17) is 9.47 Å². The molecule has 0 aromatic heterocycles. The van der Waals surface area contributed by atoms with Gasteiger partial charge in [0, 0.05) is 5.41 Å². The van der Waals surface area contributed by atoms with Gasteiger partial charge in [0.2, 0.25) is 0 Å². The molecule has 0 aliphatic heterocycles. The molecule has 0 heterocycles. The fraction of sp³-hybridized carbons (Fsp3) is 0.571. The summed E-state index contributed by atoms with van der Waals surface area (Å²) in [6.45, 7) is 0.556. The minimum absolute atomic E-state index is 0.0728. The molecule has 0 atom stereocenters. The van der Waals surface area contributed by atoms with E-state index in [-0.39, 0.29) is 16.9 Å². The van der Waals surface area contributed by atoms with Crippen molar-refractivity contribution < 1.29 is 14.4 Å². The lowest BCUT2D eigenvalue weighted by Crippen LogP contribution is -2.27. The van der Waals surface area contributed by atoms with Gasteiger partial charge in [-0.05, 0) is 30.7 Å². The third-order valence-corrected chi connectivity index (χ3v) is 4.56. The number of nitrogens with zero attached hydrogens (tertiary/aromatic N) is 1. The molecule has 0 amide bonds. The van der Waals surface area contributed by atoms with Gasteiger partial charge in [-0.1, -0.05) is 12.8 Å². The Labute approximate surface area is 123 Å². The van der Waals surface area contributed by atoms with Gasteiger partial charge >= 0.3 is 5.69 Å². The second kappa shape index (κ2) is 6.35. The number of nitro benzene ring substituents is 1. The molecule has 5 nitrogen and oxygen atoms in total. The zero-order chi connectivity index (χ0) is 14.6. The van der Waals surface area contributed by atoms with Gasteiger partial charge in [-0.25, -0.2) is 0 Å². The standard InChI is InChI=1S/C14H19NO4S/c1-18-13-5-4-11(8-12(13)15(16)17)19-9-14(10-20)6-2-3-7-14/h4-5,8,20H,2-3,6-7,9-10H2,1H3. The van der Waals surface area contributed by atoms with E-state index in [0.717, 1.165) is 18.6 Å². The molecule has 0 radical (unpaired) electrons. The van der Waals surface area contributed by atoms with E-state index < -0.39 is 4.92 Å². The van der Waals surface area contributed by atoms with Crippen LogP contribution in [-0.2, 0) is 0 Å². The molecule has 1 aromatic carbocycles. The maximum Gasteiger partial charge on any atom is 0.314 e.